The van der Waals surface area contributed by atoms with Gasteiger partial charge in [-0.05, 0) is 36.8 Å². The smallest absolute Gasteiger partial charge is 0.216 e. The molecular formula is C15H13NO2S2. The van der Waals surface area contributed by atoms with E-state index < -0.39 is 9.84 Å². The lowest BCUT2D eigenvalue weighted by Gasteiger charge is -2.01. The number of rotatable bonds is 4. The van der Waals surface area contributed by atoms with Gasteiger partial charge in [-0.25, -0.2) is 8.42 Å². The first-order valence-electron chi connectivity index (χ1n) is 6.08. The molecule has 0 atom stereocenters. The summed E-state index contributed by atoms with van der Waals surface area (Å²) in [7, 11) is -3.74. The molecule has 5 heteroatoms. The minimum Gasteiger partial charge on any atom is -0.218 e. The highest BCUT2D eigenvalue weighted by molar-refractivity contribution is 7.95. The summed E-state index contributed by atoms with van der Waals surface area (Å²) in [4.78, 5) is 1.84. The molecule has 0 amide bonds. The van der Waals surface area contributed by atoms with Gasteiger partial charge in [-0.15, -0.1) is 11.3 Å². The molecule has 1 aromatic carbocycles. The van der Waals surface area contributed by atoms with Crippen molar-refractivity contribution in [2.24, 2.45) is 0 Å². The van der Waals surface area contributed by atoms with Crippen LogP contribution in [0, 0.1) is 11.3 Å². The highest BCUT2D eigenvalue weighted by Gasteiger charge is 2.20. The fourth-order valence-electron chi connectivity index (χ4n) is 1.69. The maximum atomic E-state index is 12.4. The summed E-state index contributed by atoms with van der Waals surface area (Å²) < 4.78 is 24.7. The number of thiophene rings is 1. The second-order valence-corrected chi connectivity index (χ2v) is 7.21. The third kappa shape index (κ3) is 2.98. The third-order valence-electron chi connectivity index (χ3n) is 2.76. The van der Waals surface area contributed by atoms with Gasteiger partial charge in [-0.1, -0.05) is 25.1 Å². The zero-order chi connectivity index (χ0) is 14.6. The molecule has 2 aromatic rings. The van der Waals surface area contributed by atoms with Gasteiger partial charge < -0.3 is 0 Å². The zero-order valence-electron chi connectivity index (χ0n) is 10.9. The Morgan fingerprint density at radius 2 is 1.95 bits per heavy atom. The predicted molar refractivity (Wildman–Crippen MR) is 80.9 cm³/mol. The third-order valence-corrected chi connectivity index (χ3v) is 5.61. The molecule has 0 aliphatic rings. The summed E-state index contributed by atoms with van der Waals surface area (Å²) in [6, 6.07) is 13.6. The van der Waals surface area contributed by atoms with Crippen LogP contribution >= 0.6 is 11.3 Å². The molecule has 20 heavy (non-hydrogen) atoms. The van der Waals surface area contributed by atoms with Gasteiger partial charge >= 0.3 is 0 Å². The number of sulfone groups is 1. The molecule has 3 nitrogen and oxygen atoms in total. The van der Waals surface area contributed by atoms with Crippen LogP contribution in [-0.4, -0.2) is 8.42 Å². The zero-order valence-corrected chi connectivity index (χ0v) is 12.5. The fourth-order valence-corrected chi connectivity index (χ4v) is 3.83. The van der Waals surface area contributed by atoms with Crippen molar-refractivity contribution in [1.29, 1.82) is 5.26 Å². The topological polar surface area (TPSA) is 57.9 Å². The summed E-state index contributed by atoms with van der Waals surface area (Å²) in [6.45, 7) is 2.03. The number of hydrogen-bond acceptors (Lipinski definition) is 4. The van der Waals surface area contributed by atoms with Gasteiger partial charge in [-0.2, -0.15) is 5.26 Å². The number of nitriles is 1. The van der Waals surface area contributed by atoms with Crippen molar-refractivity contribution in [1.82, 2.24) is 0 Å². The number of benzene rings is 1. The molecule has 0 aliphatic heterocycles. The normalized spacial score (nSPS) is 12.1. The number of hydrogen-bond donors (Lipinski definition) is 0. The Labute approximate surface area is 122 Å². The van der Waals surface area contributed by atoms with Crippen LogP contribution in [0.4, 0.5) is 0 Å². The molecule has 0 saturated heterocycles. The lowest BCUT2D eigenvalue weighted by molar-refractivity contribution is 0.603. The van der Waals surface area contributed by atoms with Gasteiger partial charge in [-0.3, -0.25) is 0 Å². The van der Waals surface area contributed by atoms with E-state index in [2.05, 4.69) is 0 Å². The van der Waals surface area contributed by atoms with E-state index in [1.807, 2.05) is 19.1 Å². The van der Waals surface area contributed by atoms with E-state index in [-0.39, 0.29) is 9.80 Å². The van der Waals surface area contributed by atoms with Crippen molar-refractivity contribution in [3.63, 3.8) is 0 Å². The minimum atomic E-state index is -3.74. The van der Waals surface area contributed by atoms with Gasteiger partial charge in [0.15, 0.2) is 4.91 Å². The molecule has 102 valence electrons. The van der Waals surface area contributed by atoms with E-state index in [1.54, 1.807) is 24.3 Å². The average molecular weight is 303 g/mol. The quantitative estimate of drug-likeness (QED) is 0.810. The molecule has 0 unspecified atom stereocenters. The summed E-state index contributed by atoms with van der Waals surface area (Å²) in [6.07, 6.45) is 2.33. The molecule has 0 bridgehead atoms. The van der Waals surface area contributed by atoms with E-state index in [4.69, 9.17) is 5.26 Å². The van der Waals surface area contributed by atoms with Crippen LogP contribution in [0.15, 0.2) is 52.3 Å². The lowest BCUT2D eigenvalue weighted by Crippen LogP contribution is -2.02. The van der Waals surface area contributed by atoms with Crippen LogP contribution in [-0.2, 0) is 16.3 Å². The number of allylic oxidation sites excluding steroid dienone is 1. The molecule has 0 saturated carbocycles. The Hall–Kier alpha value is -1.90. The molecule has 0 fully saturated rings. The summed E-state index contributed by atoms with van der Waals surface area (Å²) in [5, 5.41) is 9.16. The highest BCUT2D eigenvalue weighted by Crippen LogP contribution is 2.24. The molecule has 1 aromatic heterocycles. The van der Waals surface area contributed by atoms with E-state index in [0.717, 1.165) is 16.2 Å². The Bertz CT molecular complexity index is 766. The first-order chi connectivity index (χ1) is 9.57. The Balaban J connectivity index is 2.45. The van der Waals surface area contributed by atoms with E-state index in [1.165, 1.54) is 29.5 Å². The van der Waals surface area contributed by atoms with Crippen LogP contribution in [0.5, 0.6) is 0 Å². The second-order valence-electron chi connectivity index (χ2n) is 4.09. The molecule has 0 spiro atoms. The molecule has 0 radical (unpaired) electrons. The lowest BCUT2D eigenvalue weighted by atomic mass is 10.3. The summed E-state index contributed by atoms with van der Waals surface area (Å²) in [5.74, 6) is 0. The molecule has 2 rings (SSSR count). The Kier molecular flexibility index (Phi) is 4.38. The maximum absolute atomic E-state index is 12.4. The Morgan fingerprint density at radius 1 is 1.25 bits per heavy atom. The largest absolute Gasteiger partial charge is 0.218 e. The van der Waals surface area contributed by atoms with E-state index in [0.29, 0.717) is 0 Å². The van der Waals surface area contributed by atoms with Gasteiger partial charge in [0.1, 0.15) is 6.07 Å². The van der Waals surface area contributed by atoms with Gasteiger partial charge in [0.25, 0.3) is 0 Å². The van der Waals surface area contributed by atoms with E-state index in [9.17, 15) is 8.42 Å². The number of aryl methyl sites for hydroxylation is 1. The molecule has 1 heterocycles. The van der Waals surface area contributed by atoms with Crippen molar-refractivity contribution in [2.75, 3.05) is 0 Å². The van der Waals surface area contributed by atoms with Crippen LogP contribution in [0.25, 0.3) is 6.08 Å². The first-order valence-corrected chi connectivity index (χ1v) is 8.38. The molecular weight excluding hydrogens is 290 g/mol. The van der Waals surface area contributed by atoms with Crippen molar-refractivity contribution in [3.8, 4) is 6.07 Å². The van der Waals surface area contributed by atoms with Crippen LogP contribution in [0.2, 0.25) is 0 Å². The van der Waals surface area contributed by atoms with Crippen molar-refractivity contribution in [3.05, 3.63) is 57.1 Å². The van der Waals surface area contributed by atoms with Gasteiger partial charge in [0, 0.05) is 9.75 Å². The summed E-state index contributed by atoms with van der Waals surface area (Å²) in [5.41, 5.74) is 0. The predicted octanol–water partition coefficient (Wildman–Crippen LogP) is 3.65. The van der Waals surface area contributed by atoms with Crippen LogP contribution in [0.1, 0.15) is 16.7 Å². The average Bonchev–Trinajstić information content (AvgIpc) is 2.93. The van der Waals surface area contributed by atoms with Crippen LogP contribution < -0.4 is 0 Å². The maximum Gasteiger partial charge on any atom is 0.216 e. The second kappa shape index (κ2) is 6.04. The SMILES string of the molecule is CCc1ccc(C=C(C#N)S(=O)(=O)c2ccccc2)s1. The van der Waals surface area contributed by atoms with Crippen molar-refractivity contribution >= 4 is 27.3 Å². The standard InChI is InChI=1S/C15H13NO2S2/c1-2-12-8-9-13(19-12)10-15(11-16)20(17,18)14-6-4-3-5-7-14/h3-10H,2H2,1H3. The van der Waals surface area contributed by atoms with Gasteiger partial charge in [0.2, 0.25) is 9.84 Å². The van der Waals surface area contributed by atoms with E-state index >= 15 is 0 Å². The fraction of sp³-hybridized carbons (Fsp3) is 0.133. The highest BCUT2D eigenvalue weighted by atomic mass is 32.2. The van der Waals surface area contributed by atoms with Crippen molar-refractivity contribution < 1.29 is 8.42 Å². The molecule has 0 N–H and O–H groups in total. The monoisotopic (exact) mass is 303 g/mol. The Morgan fingerprint density at radius 3 is 2.50 bits per heavy atom. The number of nitrogens with zero attached hydrogens (tertiary/aromatic N) is 1. The van der Waals surface area contributed by atoms with Gasteiger partial charge in [0.05, 0.1) is 4.90 Å². The van der Waals surface area contributed by atoms with Crippen molar-refractivity contribution in [2.45, 2.75) is 18.2 Å². The molecule has 0 aliphatic carbocycles. The first kappa shape index (κ1) is 14.5. The summed E-state index contributed by atoms with van der Waals surface area (Å²) >= 11 is 1.50. The minimum absolute atomic E-state index is 0.139. The van der Waals surface area contributed by atoms with Crippen LogP contribution in [0.3, 0.4) is 0 Å².